The van der Waals surface area contributed by atoms with E-state index in [1.807, 2.05) is 0 Å². The van der Waals surface area contributed by atoms with Gasteiger partial charge in [0.25, 0.3) is 0 Å². The van der Waals surface area contributed by atoms with E-state index in [2.05, 4.69) is 4.98 Å². The van der Waals surface area contributed by atoms with Crippen LogP contribution in [0, 0.1) is 0 Å². The molecule has 0 spiro atoms. The Balaban J connectivity index is 3.05. The van der Waals surface area contributed by atoms with Crippen molar-refractivity contribution >= 4 is 21.6 Å². The smallest absolute Gasteiger partial charge is 0.200 e. The van der Waals surface area contributed by atoms with Crippen molar-refractivity contribution in [2.75, 3.05) is 5.73 Å². The Labute approximate surface area is 62.4 Å². The molecule has 2 N–H and O–H groups in total. The molecule has 1 heterocycles. The fourth-order valence-corrected chi connectivity index (χ4v) is 0.747. The fourth-order valence-electron chi connectivity index (χ4n) is 0.747. The molecule has 0 aliphatic heterocycles. The van der Waals surface area contributed by atoms with Crippen molar-refractivity contribution in [1.82, 2.24) is 9.55 Å². The van der Waals surface area contributed by atoms with Gasteiger partial charge < -0.3 is 10.3 Å². The first-order valence-corrected chi connectivity index (χ1v) is 2.91. The molecule has 0 aromatic carbocycles. The Morgan fingerprint density at radius 3 is 2.50 bits per heavy atom. The first kappa shape index (κ1) is 7.25. The number of nitrogens with two attached hydrogens (primary N) is 1. The minimum absolute atomic E-state index is 0.427. The molecule has 0 aliphatic rings. The molecule has 4 radical (unpaired) electrons. The zero-order chi connectivity index (χ0) is 7.72. The van der Waals surface area contributed by atoms with Gasteiger partial charge in [0.05, 0.1) is 15.7 Å². The summed E-state index contributed by atoms with van der Waals surface area (Å²) >= 11 is 0. The zero-order valence-electron chi connectivity index (χ0n) is 5.78. The molecule has 0 amide bonds. The van der Waals surface area contributed by atoms with E-state index >= 15 is 0 Å². The third-order valence-electron chi connectivity index (χ3n) is 1.40. The Morgan fingerprint density at radius 2 is 2.30 bits per heavy atom. The lowest BCUT2D eigenvalue weighted by Gasteiger charge is -2.05. The molecule has 0 aliphatic carbocycles. The quantitative estimate of drug-likeness (QED) is 0.513. The van der Waals surface area contributed by atoms with E-state index in [0.717, 1.165) is 5.69 Å². The van der Waals surface area contributed by atoms with Gasteiger partial charge in [-0.15, -0.1) is 0 Å². The third-order valence-corrected chi connectivity index (χ3v) is 1.40. The van der Waals surface area contributed by atoms with Crippen LogP contribution < -0.4 is 5.73 Å². The lowest BCUT2D eigenvalue weighted by atomic mass is 9.69. The fraction of sp³-hybridized carbons (Fsp3) is 0.400. The summed E-state index contributed by atoms with van der Waals surface area (Å²) in [7, 11) is 12.5. The predicted molar refractivity (Wildman–Crippen MR) is 41.9 cm³/mol. The van der Waals surface area contributed by atoms with E-state index in [9.17, 15) is 0 Å². The van der Waals surface area contributed by atoms with Crippen molar-refractivity contribution in [1.29, 1.82) is 0 Å². The van der Waals surface area contributed by atoms with Gasteiger partial charge in [-0.2, -0.15) is 0 Å². The molecule has 0 saturated carbocycles. The summed E-state index contributed by atoms with van der Waals surface area (Å²) in [6, 6.07) is 0. The highest BCUT2D eigenvalue weighted by atomic mass is 15.1. The number of imidazole rings is 1. The van der Waals surface area contributed by atoms with E-state index < -0.39 is 5.72 Å². The number of anilines is 1. The van der Waals surface area contributed by atoms with E-state index in [1.165, 1.54) is 0 Å². The Bertz CT molecular complexity index is 231. The molecule has 0 unspecified atom stereocenters. The SMILES string of the molecule is [B]C([B])c1cnc(N)n1C. The molecule has 0 atom stereocenters. The molecule has 1 aromatic rings. The maximum absolute atomic E-state index is 5.42. The molecule has 1 rings (SSSR count). The summed E-state index contributed by atoms with van der Waals surface area (Å²) in [4.78, 5) is 3.82. The molecule has 3 nitrogen and oxygen atoms in total. The van der Waals surface area contributed by atoms with Gasteiger partial charge in [-0.25, -0.2) is 4.98 Å². The molecule has 5 heteroatoms. The van der Waals surface area contributed by atoms with Crippen LogP contribution in [0.1, 0.15) is 11.4 Å². The minimum Gasteiger partial charge on any atom is -0.369 e. The summed E-state index contributed by atoms with van der Waals surface area (Å²) in [5.74, 6) is 0.427. The second-order valence-corrected chi connectivity index (χ2v) is 2.13. The Hall–Kier alpha value is -0.860. The molecule has 0 fully saturated rings. The van der Waals surface area contributed by atoms with Crippen LogP contribution in [0.5, 0.6) is 0 Å². The summed E-state index contributed by atoms with van der Waals surface area (Å²) in [6.45, 7) is 0. The highest BCUT2D eigenvalue weighted by Gasteiger charge is 2.04. The standard InChI is InChI=1S/C5H7B2N3/c1-10-3(4(6)7)2-9-5(10)8/h2,4H,1H3,(H2,8,9). The lowest BCUT2D eigenvalue weighted by Crippen LogP contribution is -2.06. The Morgan fingerprint density at radius 1 is 1.70 bits per heavy atom. The topological polar surface area (TPSA) is 43.8 Å². The summed E-state index contributed by atoms with van der Waals surface area (Å²) in [6.07, 6.45) is 1.57. The number of nitrogen functional groups attached to an aromatic ring is 1. The van der Waals surface area contributed by atoms with Gasteiger partial charge in [0, 0.05) is 18.9 Å². The Kier molecular flexibility index (Phi) is 1.74. The summed E-state index contributed by atoms with van der Waals surface area (Å²) in [5.41, 5.74) is 5.65. The van der Waals surface area contributed by atoms with Crippen molar-refractivity contribution < 1.29 is 0 Å². The van der Waals surface area contributed by atoms with Crippen LogP contribution >= 0.6 is 0 Å². The van der Waals surface area contributed by atoms with Crippen LogP contribution in [0.25, 0.3) is 0 Å². The number of hydrogen-bond acceptors (Lipinski definition) is 2. The first-order valence-electron chi connectivity index (χ1n) is 2.91. The van der Waals surface area contributed by atoms with Gasteiger partial charge in [-0.3, -0.25) is 0 Å². The average molecular weight is 131 g/mol. The number of rotatable bonds is 1. The van der Waals surface area contributed by atoms with Crippen molar-refractivity contribution in [3.05, 3.63) is 11.9 Å². The molecule has 0 saturated heterocycles. The van der Waals surface area contributed by atoms with Gasteiger partial charge in [0.1, 0.15) is 0 Å². The van der Waals surface area contributed by atoms with Gasteiger partial charge in [-0.05, 0) is 0 Å². The van der Waals surface area contributed by atoms with E-state index in [-0.39, 0.29) is 0 Å². The van der Waals surface area contributed by atoms with Gasteiger partial charge in [0.15, 0.2) is 5.95 Å². The molecular weight excluding hydrogens is 124 g/mol. The predicted octanol–water partition coefficient (Wildman–Crippen LogP) is -0.662. The highest BCUT2D eigenvalue weighted by molar-refractivity contribution is 6.35. The van der Waals surface area contributed by atoms with Crippen LogP contribution in [-0.4, -0.2) is 25.2 Å². The lowest BCUT2D eigenvalue weighted by molar-refractivity contribution is 0.872. The van der Waals surface area contributed by atoms with Gasteiger partial charge >= 0.3 is 0 Å². The van der Waals surface area contributed by atoms with Gasteiger partial charge in [-0.1, -0.05) is 5.72 Å². The number of hydrogen-bond donors (Lipinski definition) is 1. The van der Waals surface area contributed by atoms with Crippen molar-refractivity contribution in [3.63, 3.8) is 0 Å². The number of nitrogens with zero attached hydrogens (tertiary/aromatic N) is 2. The molecular formula is C5H7B2N3. The minimum atomic E-state index is -0.505. The largest absolute Gasteiger partial charge is 0.369 e. The van der Waals surface area contributed by atoms with Crippen molar-refractivity contribution in [2.45, 2.75) is 5.72 Å². The summed E-state index contributed by atoms with van der Waals surface area (Å²) < 4.78 is 1.66. The highest BCUT2D eigenvalue weighted by Crippen LogP contribution is 2.09. The second-order valence-electron chi connectivity index (χ2n) is 2.13. The molecule has 0 bridgehead atoms. The molecule has 48 valence electrons. The second kappa shape index (κ2) is 2.40. The third kappa shape index (κ3) is 1.03. The van der Waals surface area contributed by atoms with E-state index in [0.29, 0.717) is 5.95 Å². The maximum atomic E-state index is 5.42. The zero-order valence-corrected chi connectivity index (χ0v) is 5.78. The van der Waals surface area contributed by atoms with E-state index in [4.69, 9.17) is 21.4 Å². The van der Waals surface area contributed by atoms with Gasteiger partial charge in [0.2, 0.25) is 0 Å². The normalized spacial score (nSPS) is 10.6. The van der Waals surface area contributed by atoms with E-state index in [1.54, 1.807) is 17.8 Å². The van der Waals surface area contributed by atoms with Crippen LogP contribution in [0.15, 0.2) is 6.20 Å². The monoisotopic (exact) mass is 131 g/mol. The van der Waals surface area contributed by atoms with Crippen molar-refractivity contribution in [2.24, 2.45) is 7.05 Å². The van der Waals surface area contributed by atoms with Crippen LogP contribution in [0.2, 0.25) is 0 Å². The summed E-state index contributed by atoms with van der Waals surface area (Å²) in [5, 5.41) is 0. The maximum Gasteiger partial charge on any atom is 0.200 e. The average Bonchev–Trinajstić information content (AvgIpc) is 2.14. The molecule has 10 heavy (non-hydrogen) atoms. The van der Waals surface area contributed by atoms with Crippen LogP contribution in [0.3, 0.4) is 0 Å². The van der Waals surface area contributed by atoms with Crippen LogP contribution in [0.4, 0.5) is 5.95 Å². The first-order chi connectivity index (χ1) is 4.63. The van der Waals surface area contributed by atoms with Crippen LogP contribution in [-0.2, 0) is 7.05 Å². The molecule has 1 aromatic heterocycles. The van der Waals surface area contributed by atoms with Crippen molar-refractivity contribution in [3.8, 4) is 0 Å². The number of aromatic nitrogens is 2.